The molecule has 1 amide bonds. The number of nitrogens with two attached hydrogens (primary N) is 1. The summed E-state index contributed by atoms with van der Waals surface area (Å²) < 4.78 is 8.02. The summed E-state index contributed by atoms with van der Waals surface area (Å²) in [6.07, 6.45) is 5.99. The molecule has 3 N–H and O–H groups in total. The second-order valence-corrected chi connectivity index (χ2v) is 11.5. The summed E-state index contributed by atoms with van der Waals surface area (Å²) in [5.74, 6) is 3.22. The van der Waals surface area contributed by atoms with Crippen molar-refractivity contribution in [2.45, 2.75) is 38.1 Å². The normalized spacial score (nSPS) is 21.3. The third kappa shape index (κ3) is 5.68. The number of hydrogen-bond donors (Lipinski definition) is 2. The Morgan fingerprint density at radius 1 is 0.949 bits per heavy atom. The summed E-state index contributed by atoms with van der Waals surface area (Å²) in [7, 11) is 2.23. The molecular weight excluding hydrogens is 488 g/mol. The van der Waals surface area contributed by atoms with Crippen LogP contribution in [0.15, 0.2) is 54.6 Å². The fraction of sp³-hybridized carbons (Fsp3) is 0.484. The number of anilines is 1. The van der Waals surface area contributed by atoms with Crippen molar-refractivity contribution in [3.05, 3.63) is 60.2 Å². The molecule has 0 aliphatic carbocycles. The number of ether oxygens (including phenoxy) is 1. The molecule has 2 aromatic carbocycles. The van der Waals surface area contributed by atoms with Crippen LogP contribution in [0.4, 0.5) is 5.82 Å². The summed E-state index contributed by atoms with van der Waals surface area (Å²) in [6, 6.07) is 17.7. The lowest BCUT2D eigenvalue weighted by Gasteiger charge is -2.40. The number of amides is 1. The third-order valence-corrected chi connectivity index (χ3v) is 8.84. The topological polar surface area (TPSA) is 88.7 Å². The minimum Gasteiger partial charge on any atom is -0.457 e. The van der Waals surface area contributed by atoms with Crippen LogP contribution in [0.3, 0.4) is 0 Å². The maximum atomic E-state index is 12.7. The van der Waals surface area contributed by atoms with E-state index < -0.39 is 5.91 Å². The standard InChI is InChI=1S/C31H40N6O2/c1-35-17-12-22(13-18-35)21-36-19-14-23(15-20-36)27-11-16-33-31-28(30(32)38)29(34-37(27)31)24-7-9-26(10-8-24)39-25-5-3-2-4-6-25/h2-10,22-23,27,33H,11-21H2,1H3,(H2,32,38). The molecule has 2 fully saturated rings. The Labute approximate surface area is 231 Å². The predicted octanol–water partition coefficient (Wildman–Crippen LogP) is 4.85. The zero-order chi connectivity index (χ0) is 26.8. The second kappa shape index (κ2) is 11.4. The highest BCUT2D eigenvalue weighted by Gasteiger charge is 2.35. The van der Waals surface area contributed by atoms with Crippen molar-refractivity contribution in [2.24, 2.45) is 17.6 Å². The smallest absolute Gasteiger partial charge is 0.254 e. The van der Waals surface area contributed by atoms with E-state index in [1.807, 2.05) is 54.6 Å². The van der Waals surface area contributed by atoms with E-state index in [1.54, 1.807) is 0 Å². The average molecular weight is 529 g/mol. The van der Waals surface area contributed by atoms with Crippen LogP contribution in [-0.2, 0) is 0 Å². The first-order chi connectivity index (χ1) is 19.0. The van der Waals surface area contributed by atoms with Gasteiger partial charge in [-0.2, -0.15) is 5.10 Å². The maximum absolute atomic E-state index is 12.7. The van der Waals surface area contributed by atoms with Gasteiger partial charge in [0.15, 0.2) is 0 Å². The van der Waals surface area contributed by atoms with Gasteiger partial charge in [-0.25, -0.2) is 4.68 Å². The Morgan fingerprint density at radius 2 is 1.64 bits per heavy atom. The zero-order valence-corrected chi connectivity index (χ0v) is 22.9. The molecule has 0 spiro atoms. The van der Waals surface area contributed by atoms with Gasteiger partial charge in [0.05, 0.1) is 6.04 Å². The van der Waals surface area contributed by atoms with Gasteiger partial charge in [-0.3, -0.25) is 4.79 Å². The summed E-state index contributed by atoms with van der Waals surface area (Å²) >= 11 is 0. The van der Waals surface area contributed by atoms with Crippen LogP contribution in [0.5, 0.6) is 11.5 Å². The van der Waals surface area contributed by atoms with Crippen LogP contribution in [0.25, 0.3) is 11.3 Å². The van der Waals surface area contributed by atoms with Crippen molar-refractivity contribution in [2.75, 3.05) is 51.6 Å². The van der Waals surface area contributed by atoms with Gasteiger partial charge in [0.25, 0.3) is 5.91 Å². The number of nitrogens with one attached hydrogen (secondary N) is 1. The predicted molar refractivity (Wildman–Crippen MR) is 154 cm³/mol. The van der Waals surface area contributed by atoms with Crippen molar-refractivity contribution in [3.8, 4) is 22.8 Å². The van der Waals surface area contributed by atoms with Gasteiger partial charge < -0.3 is 25.6 Å². The molecule has 0 bridgehead atoms. The molecule has 4 heterocycles. The molecule has 0 radical (unpaired) electrons. The number of carbonyl (C=O) groups is 1. The van der Waals surface area contributed by atoms with E-state index in [9.17, 15) is 4.79 Å². The first kappa shape index (κ1) is 25.9. The number of para-hydroxylation sites is 1. The Bertz CT molecular complexity index is 1260. The highest BCUT2D eigenvalue weighted by Crippen LogP contribution is 2.40. The molecule has 39 heavy (non-hydrogen) atoms. The zero-order valence-electron chi connectivity index (χ0n) is 22.9. The third-order valence-electron chi connectivity index (χ3n) is 8.84. The number of primary amides is 1. The summed E-state index contributed by atoms with van der Waals surface area (Å²) in [5, 5.41) is 8.47. The number of benzene rings is 2. The molecule has 3 aliphatic heterocycles. The molecule has 8 nitrogen and oxygen atoms in total. The molecule has 6 rings (SSSR count). The number of rotatable bonds is 7. The summed E-state index contributed by atoms with van der Waals surface area (Å²) in [4.78, 5) is 17.8. The number of carbonyl (C=O) groups excluding carboxylic acids is 1. The maximum Gasteiger partial charge on any atom is 0.254 e. The molecule has 1 unspecified atom stereocenters. The van der Waals surface area contributed by atoms with E-state index in [1.165, 1.54) is 45.3 Å². The van der Waals surface area contributed by atoms with Gasteiger partial charge in [0, 0.05) is 18.7 Å². The van der Waals surface area contributed by atoms with Gasteiger partial charge in [0.2, 0.25) is 0 Å². The molecule has 2 saturated heterocycles. The molecule has 3 aromatic rings. The lowest BCUT2D eigenvalue weighted by atomic mass is 9.86. The molecule has 1 atom stereocenters. The molecule has 8 heteroatoms. The molecule has 1 aromatic heterocycles. The minimum atomic E-state index is -0.447. The highest BCUT2D eigenvalue weighted by atomic mass is 16.5. The number of nitrogens with zero attached hydrogens (tertiary/aromatic N) is 4. The summed E-state index contributed by atoms with van der Waals surface area (Å²) in [6.45, 7) is 6.82. The Hall–Kier alpha value is -3.36. The van der Waals surface area contributed by atoms with E-state index >= 15 is 0 Å². The van der Waals surface area contributed by atoms with Crippen molar-refractivity contribution in [3.63, 3.8) is 0 Å². The number of likely N-dealkylation sites (tertiary alicyclic amines) is 2. The fourth-order valence-corrected chi connectivity index (χ4v) is 6.61. The monoisotopic (exact) mass is 528 g/mol. The van der Waals surface area contributed by atoms with Crippen molar-refractivity contribution in [1.82, 2.24) is 19.6 Å². The largest absolute Gasteiger partial charge is 0.457 e. The van der Waals surface area contributed by atoms with E-state index in [-0.39, 0.29) is 6.04 Å². The van der Waals surface area contributed by atoms with Crippen LogP contribution in [-0.4, -0.2) is 71.8 Å². The van der Waals surface area contributed by atoms with Gasteiger partial charge in [-0.15, -0.1) is 0 Å². The fourth-order valence-electron chi connectivity index (χ4n) is 6.61. The van der Waals surface area contributed by atoms with Gasteiger partial charge in [-0.1, -0.05) is 18.2 Å². The molecule has 3 aliphatic rings. The molecular formula is C31H40N6O2. The van der Waals surface area contributed by atoms with Crippen LogP contribution in [0, 0.1) is 11.8 Å². The van der Waals surface area contributed by atoms with Crippen molar-refractivity contribution >= 4 is 11.7 Å². The van der Waals surface area contributed by atoms with Gasteiger partial charge >= 0.3 is 0 Å². The average Bonchev–Trinajstić information content (AvgIpc) is 3.36. The van der Waals surface area contributed by atoms with Crippen LogP contribution in [0.2, 0.25) is 0 Å². The van der Waals surface area contributed by atoms with E-state index in [4.69, 9.17) is 15.6 Å². The number of hydrogen-bond acceptors (Lipinski definition) is 6. The number of piperidine rings is 2. The molecule has 0 saturated carbocycles. The Balaban J connectivity index is 1.17. The van der Waals surface area contributed by atoms with Crippen molar-refractivity contribution in [1.29, 1.82) is 0 Å². The lowest BCUT2D eigenvalue weighted by Crippen LogP contribution is -2.42. The minimum absolute atomic E-state index is 0.277. The van der Waals surface area contributed by atoms with E-state index in [0.29, 0.717) is 17.2 Å². The van der Waals surface area contributed by atoms with Crippen LogP contribution >= 0.6 is 0 Å². The van der Waals surface area contributed by atoms with Gasteiger partial charge in [0.1, 0.15) is 28.6 Å². The van der Waals surface area contributed by atoms with E-state index in [2.05, 4.69) is 26.8 Å². The van der Waals surface area contributed by atoms with Crippen LogP contribution < -0.4 is 15.8 Å². The van der Waals surface area contributed by atoms with Crippen molar-refractivity contribution < 1.29 is 9.53 Å². The highest BCUT2D eigenvalue weighted by molar-refractivity contribution is 6.03. The number of aromatic nitrogens is 2. The lowest BCUT2D eigenvalue weighted by molar-refractivity contribution is 0.0999. The first-order valence-electron chi connectivity index (χ1n) is 14.5. The quantitative estimate of drug-likeness (QED) is 0.456. The van der Waals surface area contributed by atoms with Gasteiger partial charge in [-0.05, 0) is 114 Å². The first-order valence-corrected chi connectivity index (χ1v) is 14.5. The van der Waals surface area contributed by atoms with E-state index in [0.717, 1.165) is 54.9 Å². The molecule has 206 valence electrons. The number of fused-ring (bicyclic) bond motifs is 1. The van der Waals surface area contributed by atoms with Crippen LogP contribution in [0.1, 0.15) is 48.5 Å². The summed E-state index contributed by atoms with van der Waals surface area (Å²) in [5.41, 5.74) is 7.91. The second-order valence-electron chi connectivity index (χ2n) is 11.5. The SMILES string of the molecule is CN1CCC(CN2CCC(C3CCNc4c(C(N)=O)c(-c5ccc(Oc6ccccc6)cc5)nn43)CC2)CC1. The Kier molecular flexibility index (Phi) is 7.57. The Morgan fingerprint density at radius 3 is 2.33 bits per heavy atom.